The van der Waals surface area contributed by atoms with Crippen LogP contribution in [0, 0.1) is 11.3 Å². The second-order valence-corrected chi connectivity index (χ2v) is 3.55. The predicted octanol–water partition coefficient (Wildman–Crippen LogP) is 1.19. The molecular formula is C12H14N2O2. The summed E-state index contributed by atoms with van der Waals surface area (Å²) in [7, 11) is 1.78. The molecule has 16 heavy (non-hydrogen) atoms. The number of carbonyl (C=O) groups is 1. The van der Waals surface area contributed by atoms with Crippen molar-refractivity contribution in [2.24, 2.45) is 0 Å². The number of aliphatic hydroxyl groups excluding tert-OH is 1. The average molecular weight is 218 g/mol. The van der Waals surface area contributed by atoms with Crippen molar-refractivity contribution in [2.75, 3.05) is 25.1 Å². The lowest BCUT2D eigenvalue weighted by molar-refractivity contribution is 0.101. The molecule has 0 saturated carbocycles. The Labute approximate surface area is 94.7 Å². The van der Waals surface area contributed by atoms with Crippen LogP contribution in [-0.2, 0) is 0 Å². The summed E-state index contributed by atoms with van der Waals surface area (Å²) < 4.78 is 0. The van der Waals surface area contributed by atoms with Gasteiger partial charge in [-0.2, -0.15) is 5.26 Å². The second-order valence-electron chi connectivity index (χ2n) is 3.55. The van der Waals surface area contributed by atoms with E-state index in [2.05, 4.69) is 0 Å². The SMILES string of the molecule is CC(=O)c1ccc(C#N)cc1N(C)CCO. The molecule has 0 radical (unpaired) electrons. The molecule has 1 N–H and O–H groups in total. The molecular weight excluding hydrogens is 204 g/mol. The number of nitrogens with zero attached hydrogens (tertiary/aromatic N) is 2. The van der Waals surface area contributed by atoms with Gasteiger partial charge >= 0.3 is 0 Å². The number of benzene rings is 1. The number of aliphatic hydroxyl groups is 1. The number of rotatable bonds is 4. The van der Waals surface area contributed by atoms with E-state index in [0.717, 1.165) is 0 Å². The molecule has 4 heteroatoms. The van der Waals surface area contributed by atoms with Crippen molar-refractivity contribution in [1.82, 2.24) is 0 Å². The summed E-state index contributed by atoms with van der Waals surface area (Å²) in [5.41, 5.74) is 1.75. The molecule has 0 fully saturated rings. The highest BCUT2D eigenvalue weighted by Gasteiger charge is 2.11. The van der Waals surface area contributed by atoms with E-state index in [0.29, 0.717) is 23.4 Å². The fourth-order valence-corrected chi connectivity index (χ4v) is 1.49. The van der Waals surface area contributed by atoms with Gasteiger partial charge in [0.1, 0.15) is 0 Å². The minimum absolute atomic E-state index is 0.00459. The highest BCUT2D eigenvalue weighted by molar-refractivity contribution is 5.99. The number of hydrogen-bond donors (Lipinski definition) is 1. The Morgan fingerprint density at radius 1 is 1.56 bits per heavy atom. The van der Waals surface area contributed by atoms with Crippen molar-refractivity contribution in [3.8, 4) is 6.07 Å². The predicted molar refractivity (Wildman–Crippen MR) is 61.5 cm³/mol. The Morgan fingerprint density at radius 3 is 2.75 bits per heavy atom. The molecule has 0 heterocycles. The number of anilines is 1. The maximum Gasteiger partial charge on any atom is 0.161 e. The first-order valence-corrected chi connectivity index (χ1v) is 4.97. The van der Waals surface area contributed by atoms with Crippen LogP contribution in [0.1, 0.15) is 22.8 Å². The van der Waals surface area contributed by atoms with Crippen molar-refractivity contribution in [3.63, 3.8) is 0 Å². The molecule has 4 nitrogen and oxygen atoms in total. The van der Waals surface area contributed by atoms with Gasteiger partial charge in [-0.25, -0.2) is 0 Å². The molecule has 0 spiro atoms. The zero-order chi connectivity index (χ0) is 12.1. The van der Waals surface area contributed by atoms with Gasteiger partial charge in [0.05, 0.1) is 18.2 Å². The van der Waals surface area contributed by atoms with E-state index in [-0.39, 0.29) is 12.4 Å². The van der Waals surface area contributed by atoms with Gasteiger partial charge in [-0.3, -0.25) is 4.79 Å². The van der Waals surface area contributed by atoms with Crippen LogP contribution < -0.4 is 4.90 Å². The number of nitriles is 1. The zero-order valence-corrected chi connectivity index (χ0v) is 9.40. The fourth-order valence-electron chi connectivity index (χ4n) is 1.49. The summed E-state index contributed by atoms with van der Waals surface area (Å²) in [5.74, 6) is -0.0516. The van der Waals surface area contributed by atoms with Crippen LogP contribution in [-0.4, -0.2) is 31.1 Å². The summed E-state index contributed by atoms with van der Waals surface area (Å²) in [6.45, 7) is 1.91. The van der Waals surface area contributed by atoms with Crippen LogP contribution in [0.15, 0.2) is 18.2 Å². The molecule has 1 rings (SSSR count). The van der Waals surface area contributed by atoms with Crippen LogP contribution in [0.2, 0.25) is 0 Å². The molecule has 0 unspecified atom stereocenters. The summed E-state index contributed by atoms with van der Waals surface area (Å²) >= 11 is 0. The molecule has 0 saturated heterocycles. The second kappa shape index (κ2) is 5.29. The van der Waals surface area contributed by atoms with Gasteiger partial charge in [-0.1, -0.05) is 0 Å². The molecule has 0 aliphatic carbocycles. The standard InChI is InChI=1S/C12H14N2O2/c1-9(16)11-4-3-10(8-13)7-12(11)14(2)5-6-15/h3-4,7,15H,5-6H2,1-2H3. The normalized spacial score (nSPS) is 9.62. The van der Waals surface area contributed by atoms with Crippen molar-refractivity contribution in [3.05, 3.63) is 29.3 Å². The number of Topliss-reactive ketones (excluding diaryl/α,β-unsaturated/α-hetero) is 1. The zero-order valence-electron chi connectivity index (χ0n) is 9.40. The molecule has 0 aliphatic rings. The molecule has 1 aromatic carbocycles. The molecule has 0 atom stereocenters. The Kier molecular flexibility index (Phi) is 4.03. The largest absolute Gasteiger partial charge is 0.395 e. The van der Waals surface area contributed by atoms with Gasteiger partial charge in [0.2, 0.25) is 0 Å². The molecule has 0 aliphatic heterocycles. The molecule has 84 valence electrons. The van der Waals surface area contributed by atoms with Crippen LogP contribution in [0.25, 0.3) is 0 Å². The van der Waals surface area contributed by atoms with Gasteiger partial charge in [0.15, 0.2) is 5.78 Å². The van der Waals surface area contributed by atoms with E-state index >= 15 is 0 Å². The first-order chi connectivity index (χ1) is 7.60. The van der Waals surface area contributed by atoms with E-state index in [1.54, 1.807) is 30.1 Å². The van der Waals surface area contributed by atoms with Crippen molar-refractivity contribution in [2.45, 2.75) is 6.92 Å². The summed E-state index contributed by atoms with van der Waals surface area (Å²) in [6.07, 6.45) is 0. The minimum atomic E-state index is -0.0516. The maximum atomic E-state index is 11.4. The topological polar surface area (TPSA) is 64.3 Å². The monoisotopic (exact) mass is 218 g/mol. The average Bonchev–Trinajstić information content (AvgIpc) is 2.28. The van der Waals surface area contributed by atoms with E-state index in [4.69, 9.17) is 10.4 Å². The Balaban J connectivity index is 3.21. The maximum absolute atomic E-state index is 11.4. The van der Waals surface area contributed by atoms with E-state index < -0.39 is 0 Å². The van der Waals surface area contributed by atoms with Gasteiger partial charge in [0.25, 0.3) is 0 Å². The number of carbonyl (C=O) groups excluding carboxylic acids is 1. The third-order valence-electron chi connectivity index (χ3n) is 2.35. The summed E-state index contributed by atoms with van der Waals surface area (Å²) in [4.78, 5) is 13.2. The molecule has 0 amide bonds. The van der Waals surface area contributed by atoms with E-state index in [1.165, 1.54) is 6.92 Å². The lowest BCUT2D eigenvalue weighted by atomic mass is 10.1. The number of ketones is 1. The molecule has 0 bridgehead atoms. The van der Waals surface area contributed by atoms with Crippen LogP contribution in [0.4, 0.5) is 5.69 Å². The Hall–Kier alpha value is -1.86. The van der Waals surface area contributed by atoms with Gasteiger partial charge in [-0.15, -0.1) is 0 Å². The summed E-state index contributed by atoms with van der Waals surface area (Å²) in [6, 6.07) is 6.95. The van der Waals surface area contributed by atoms with E-state index in [9.17, 15) is 4.79 Å². The third-order valence-corrected chi connectivity index (χ3v) is 2.35. The van der Waals surface area contributed by atoms with Crippen molar-refractivity contribution < 1.29 is 9.90 Å². The summed E-state index contributed by atoms with van der Waals surface area (Å²) in [5, 5.41) is 17.7. The quantitative estimate of drug-likeness (QED) is 0.771. The lowest BCUT2D eigenvalue weighted by Crippen LogP contribution is -2.23. The van der Waals surface area contributed by atoms with Gasteiger partial charge in [-0.05, 0) is 25.1 Å². The number of hydrogen-bond acceptors (Lipinski definition) is 4. The van der Waals surface area contributed by atoms with E-state index in [1.807, 2.05) is 6.07 Å². The lowest BCUT2D eigenvalue weighted by Gasteiger charge is -2.20. The first-order valence-electron chi connectivity index (χ1n) is 4.97. The minimum Gasteiger partial charge on any atom is -0.395 e. The van der Waals surface area contributed by atoms with Crippen LogP contribution >= 0.6 is 0 Å². The van der Waals surface area contributed by atoms with Crippen LogP contribution in [0.5, 0.6) is 0 Å². The highest BCUT2D eigenvalue weighted by Crippen LogP contribution is 2.21. The highest BCUT2D eigenvalue weighted by atomic mass is 16.3. The Bertz CT molecular complexity index is 435. The third kappa shape index (κ3) is 2.59. The van der Waals surface area contributed by atoms with Gasteiger partial charge < -0.3 is 10.0 Å². The van der Waals surface area contributed by atoms with Gasteiger partial charge in [0, 0.05) is 24.8 Å². The smallest absolute Gasteiger partial charge is 0.161 e. The van der Waals surface area contributed by atoms with Crippen molar-refractivity contribution in [1.29, 1.82) is 5.26 Å². The fraction of sp³-hybridized carbons (Fsp3) is 0.333. The molecule has 0 aromatic heterocycles. The van der Waals surface area contributed by atoms with Crippen LogP contribution in [0.3, 0.4) is 0 Å². The Morgan fingerprint density at radius 2 is 2.25 bits per heavy atom. The first kappa shape index (κ1) is 12.2. The molecule has 1 aromatic rings. The van der Waals surface area contributed by atoms with Crippen molar-refractivity contribution >= 4 is 11.5 Å². The number of likely N-dealkylation sites (N-methyl/N-ethyl adjacent to an activating group) is 1.